The highest BCUT2D eigenvalue weighted by Gasteiger charge is 2.11. The van der Waals surface area contributed by atoms with Crippen molar-refractivity contribution < 1.29 is 14.6 Å². The van der Waals surface area contributed by atoms with Gasteiger partial charge in [0.15, 0.2) is 11.5 Å². The SMILES string of the molecule is CCOc1cc(/C=C(/C#N)C(=O)Nc2ccccc2C)ccc1O. The fraction of sp³-hybridized carbons (Fsp3) is 0.158. The van der Waals surface area contributed by atoms with Crippen LogP contribution in [0.15, 0.2) is 48.0 Å². The Bertz CT molecular complexity index is 820. The van der Waals surface area contributed by atoms with Gasteiger partial charge in [-0.3, -0.25) is 4.79 Å². The van der Waals surface area contributed by atoms with E-state index in [1.54, 1.807) is 25.1 Å². The predicted octanol–water partition coefficient (Wildman–Crippen LogP) is 3.65. The summed E-state index contributed by atoms with van der Waals surface area (Å²) in [6.45, 7) is 4.08. The molecule has 2 N–H and O–H groups in total. The number of nitriles is 1. The minimum absolute atomic E-state index is 0.0110. The summed E-state index contributed by atoms with van der Waals surface area (Å²) < 4.78 is 5.30. The first kappa shape index (κ1) is 17.1. The molecule has 0 aliphatic heterocycles. The lowest BCUT2D eigenvalue weighted by molar-refractivity contribution is -0.112. The van der Waals surface area contributed by atoms with E-state index in [4.69, 9.17) is 4.74 Å². The standard InChI is InChI=1S/C19H18N2O3/c1-3-24-18-11-14(8-9-17(18)22)10-15(12-20)19(23)21-16-7-5-4-6-13(16)2/h4-11,22H,3H2,1-2H3,(H,21,23)/b15-10-. The Morgan fingerprint density at radius 2 is 2.08 bits per heavy atom. The van der Waals surface area contributed by atoms with Crippen LogP contribution >= 0.6 is 0 Å². The van der Waals surface area contributed by atoms with Gasteiger partial charge in [-0.15, -0.1) is 0 Å². The summed E-state index contributed by atoms with van der Waals surface area (Å²) in [7, 11) is 0. The van der Waals surface area contributed by atoms with Crippen molar-refractivity contribution in [2.24, 2.45) is 0 Å². The maximum atomic E-state index is 12.3. The summed E-state index contributed by atoms with van der Waals surface area (Å²) in [5.74, 6) is -0.169. The molecule has 0 radical (unpaired) electrons. The van der Waals surface area contributed by atoms with Crippen LogP contribution in [0, 0.1) is 18.3 Å². The molecule has 0 heterocycles. The highest BCUT2D eigenvalue weighted by atomic mass is 16.5. The van der Waals surface area contributed by atoms with E-state index in [1.807, 2.05) is 31.2 Å². The molecule has 2 aromatic carbocycles. The first-order valence-corrected chi connectivity index (χ1v) is 7.49. The molecule has 0 saturated heterocycles. The van der Waals surface area contributed by atoms with Crippen LogP contribution in [-0.2, 0) is 4.79 Å². The Balaban J connectivity index is 2.26. The number of phenols is 1. The number of nitrogens with one attached hydrogen (secondary N) is 1. The second kappa shape index (κ2) is 7.84. The van der Waals surface area contributed by atoms with Crippen LogP contribution in [0.25, 0.3) is 6.08 Å². The molecule has 0 unspecified atom stereocenters. The smallest absolute Gasteiger partial charge is 0.266 e. The third-order valence-corrected chi connectivity index (χ3v) is 3.35. The Morgan fingerprint density at radius 1 is 1.33 bits per heavy atom. The molecule has 0 atom stereocenters. The number of benzene rings is 2. The van der Waals surface area contributed by atoms with Gasteiger partial charge in [0.25, 0.3) is 5.91 Å². The molecule has 0 aromatic heterocycles. The maximum absolute atomic E-state index is 12.3. The summed E-state index contributed by atoms with van der Waals surface area (Å²) in [5.41, 5.74) is 2.12. The molecule has 5 heteroatoms. The molecule has 0 fully saturated rings. The number of phenolic OH excluding ortho intramolecular Hbond substituents is 1. The largest absolute Gasteiger partial charge is 0.504 e. The van der Waals surface area contributed by atoms with Gasteiger partial charge in [-0.05, 0) is 49.2 Å². The number of anilines is 1. The van der Waals surface area contributed by atoms with Crippen LogP contribution in [0.4, 0.5) is 5.69 Å². The molecule has 0 spiro atoms. The Hall–Kier alpha value is -3.26. The van der Waals surface area contributed by atoms with E-state index in [9.17, 15) is 15.2 Å². The van der Waals surface area contributed by atoms with Crippen molar-refractivity contribution in [3.63, 3.8) is 0 Å². The highest BCUT2D eigenvalue weighted by molar-refractivity contribution is 6.10. The zero-order valence-corrected chi connectivity index (χ0v) is 13.5. The van der Waals surface area contributed by atoms with Gasteiger partial charge in [0.1, 0.15) is 11.6 Å². The molecule has 0 aliphatic carbocycles. The summed E-state index contributed by atoms with van der Waals surface area (Å²) in [6.07, 6.45) is 1.45. The second-order valence-electron chi connectivity index (χ2n) is 5.10. The van der Waals surface area contributed by atoms with Gasteiger partial charge in [-0.2, -0.15) is 5.26 Å². The van der Waals surface area contributed by atoms with Crippen molar-refractivity contribution in [3.8, 4) is 17.6 Å². The number of rotatable bonds is 5. The molecular formula is C19H18N2O3. The fourth-order valence-electron chi connectivity index (χ4n) is 2.11. The average molecular weight is 322 g/mol. The molecule has 1 amide bonds. The third kappa shape index (κ3) is 4.14. The lowest BCUT2D eigenvalue weighted by atomic mass is 10.1. The third-order valence-electron chi connectivity index (χ3n) is 3.35. The van der Waals surface area contributed by atoms with Gasteiger partial charge in [0.2, 0.25) is 0 Å². The Morgan fingerprint density at radius 3 is 2.75 bits per heavy atom. The molecule has 0 saturated carbocycles. The molecule has 2 aromatic rings. The van der Waals surface area contributed by atoms with E-state index in [0.29, 0.717) is 23.6 Å². The van der Waals surface area contributed by atoms with Crippen molar-refractivity contribution in [3.05, 3.63) is 59.2 Å². The molecule has 2 rings (SSSR count). The van der Waals surface area contributed by atoms with Crippen LogP contribution < -0.4 is 10.1 Å². The van der Waals surface area contributed by atoms with Gasteiger partial charge in [0.05, 0.1) is 6.61 Å². The number of amides is 1. The number of carbonyl (C=O) groups excluding carboxylic acids is 1. The van der Waals surface area contributed by atoms with Crippen molar-refractivity contribution in [2.45, 2.75) is 13.8 Å². The number of aromatic hydroxyl groups is 1. The van der Waals surface area contributed by atoms with E-state index in [1.165, 1.54) is 12.1 Å². The summed E-state index contributed by atoms with van der Waals surface area (Å²) in [6, 6.07) is 13.9. The Kier molecular flexibility index (Phi) is 5.58. The molecule has 0 aliphatic rings. The van der Waals surface area contributed by atoms with Crippen molar-refractivity contribution in [1.82, 2.24) is 0 Å². The molecule has 122 valence electrons. The number of hydrogen-bond donors (Lipinski definition) is 2. The lowest BCUT2D eigenvalue weighted by Gasteiger charge is -2.08. The van der Waals surface area contributed by atoms with Crippen LogP contribution in [0.3, 0.4) is 0 Å². The number of para-hydroxylation sites is 1. The van der Waals surface area contributed by atoms with E-state index in [2.05, 4.69) is 5.32 Å². The normalized spacial score (nSPS) is 10.8. The lowest BCUT2D eigenvalue weighted by Crippen LogP contribution is -2.14. The van der Waals surface area contributed by atoms with Gasteiger partial charge in [0, 0.05) is 5.69 Å². The zero-order valence-electron chi connectivity index (χ0n) is 13.5. The highest BCUT2D eigenvalue weighted by Crippen LogP contribution is 2.27. The summed E-state index contributed by atoms with van der Waals surface area (Å²) >= 11 is 0. The minimum atomic E-state index is -0.488. The summed E-state index contributed by atoms with van der Waals surface area (Å²) in [4.78, 5) is 12.3. The van der Waals surface area contributed by atoms with Crippen LogP contribution in [0.2, 0.25) is 0 Å². The van der Waals surface area contributed by atoms with Gasteiger partial charge >= 0.3 is 0 Å². The van der Waals surface area contributed by atoms with Crippen LogP contribution in [0.1, 0.15) is 18.1 Å². The number of aryl methyl sites for hydroxylation is 1. The van der Waals surface area contributed by atoms with Gasteiger partial charge in [-0.1, -0.05) is 24.3 Å². The fourth-order valence-corrected chi connectivity index (χ4v) is 2.11. The quantitative estimate of drug-likeness (QED) is 0.650. The first-order valence-electron chi connectivity index (χ1n) is 7.49. The van der Waals surface area contributed by atoms with Crippen molar-refractivity contribution in [2.75, 3.05) is 11.9 Å². The molecule has 0 bridgehead atoms. The average Bonchev–Trinajstić information content (AvgIpc) is 2.57. The molecule has 5 nitrogen and oxygen atoms in total. The van der Waals surface area contributed by atoms with Crippen LogP contribution in [0.5, 0.6) is 11.5 Å². The predicted molar refractivity (Wildman–Crippen MR) is 92.7 cm³/mol. The summed E-state index contributed by atoms with van der Waals surface area (Å²) in [5, 5.41) is 21.7. The van der Waals surface area contributed by atoms with E-state index in [-0.39, 0.29) is 11.3 Å². The number of hydrogen-bond acceptors (Lipinski definition) is 4. The molecular weight excluding hydrogens is 304 g/mol. The minimum Gasteiger partial charge on any atom is -0.504 e. The molecule has 24 heavy (non-hydrogen) atoms. The number of ether oxygens (including phenoxy) is 1. The van der Waals surface area contributed by atoms with E-state index >= 15 is 0 Å². The van der Waals surface area contributed by atoms with E-state index < -0.39 is 5.91 Å². The number of nitrogens with zero attached hydrogens (tertiary/aromatic N) is 1. The van der Waals surface area contributed by atoms with Crippen molar-refractivity contribution >= 4 is 17.7 Å². The maximum Gasteiger partial charge on any atom is 0.266 e. The van der Waals surface area contributed by atoms with Crippen LogP contribution in [-0.4, -0.2) is 17.6 Å². The second-order valence-corrected chi connectivity index (χ2v) is 5.10. The Labute approximate surface area is 140 Å². The van der Waals surface area contributed by atoms with Gasteiger partial charge < -0.3 is 15.2 Å². The zero-order chi connectivity index (χ0) is 17.5. The van der Waals surface area contributed by atoms with E-state index in [0.717, 1.165) is 5.56 Å². The first-order chi connectivity index (χ1) is 11.5. The topological polar surface area (TPSA) is 82.3 Å². The van der Waals surface area contributed by atoms with Crippen molar-refractivity contribution in [1.29, 1.82) is 5.26 Å². The number of carbonyl (C=O) groups is 1. The van der Waals surface area contributed by atoms with Gasteiger partial charge in [-0.25, -0.2) is 0 Å². The monoisotopic (exact) mass is 322 g/mol.